The third-order valence-electron chi connectivity index (χ3n) is 3.55. The monoisotopic (exact) mass is 255 g/mol. The van der Waals surface area contributed by atoms with Crippen molar-refractivity contribution in [3.63, 3.8) is 0 Å². The largest absolute Gasteiger partial charge is 0.387 e. The van der Waals surface area contributed by atoms with Gasteiger partial charge in [0.05, 0.1) is 6.10 Å². The predicted octanol–water partition coefficient (Wildman–Crippen LogP) is 3.39. The van der Waals surface area contributed by atoms with Gasteiger partial charge in [0.1, 0.15) is 0 Å². The SMILES string of the molecule is CCC(NC)C(O)c1ccc(-c2ccccc2)cc1. The van der Waals surface area contributed by atoms with E-state index in [1.807, 2.05) is 37.4 Å². The first-order valence-electron chi connectivity index (χ1n) is 6.77. The summed E-state index contributed by atoms with van der Waals surface area (Å²) in [5.41, 5.74) is 3.33. The van der Waals surface area contributed by atoms with Crippen LogP contribution in [-0.4, -0.2) is 18.2 Å². The van der Waals surface area contributed by atoms with Crippen LogP contribution in [0.1, 0.15) is 25.0 Å². The molecule has 2 N–H and O–H groups in total. The normalized spacial score (nSPS) is 14.1. The zero-order chi connectivity index (χ0) is 13.7. The molecule has 2 unspecified atom stereocenters. The van der Waals surface area contributed by atoms with Gasteiger partial charge >= 0.3 is 0 Å². The van der Waals surface area contributed by atoms with E-state index in [2.05, 4.69) is 36.5 Å². The molecule has 0 heterocycles. The summed E-state index contributed by atoms with van der Waals surface area (Å²) in [4.78, 5) is 0. The van der Waals surface area contributed by atoms with Crippen LogP contribution in [0.3, 0.4) is 0 Å². The van der Waals surface area contributed by atoms with Crippen LogP contribution in [0.4, 0.5) is 0 Å². The molecular formula is C17H21NO. The van der Waals surface area contributed by atoms with Crippen molar-refractivity contribution < 1.29 is 5.11 Å². The fourth-order valence-corrected chi connectivity index (χ4v) is 2.32. The van der Waals surface area contributed by atoms with Crippen LogP contribution in [0.2, 0.25) is 0 Å². The van der Waals surface area contributed by atoms with Gasteiger partial charge in [-0.15, -0.1) is 0 Å². The van der Waals surface area contributed by atoms with Crippen LogP contribution >= 0.6 is 0 Å². The lowest BCUT2D eigenvalue weighted by Crippen LogP contribution is -2.31. The number of hydrogen-bond acceptors (Lipinski definition) is 2. The number of likely N-dealkylation sites (N-methyl/N-ethyl adjacent to an activating group) is 1. The maximum atomic E-state index is 10.3. The second kappa shape index (κ2) is 6.50. The minimum atomic E-state index is -0.458. The maximum absolute atomic E-state index is 10.3. The highest BCUT2D eigenvalue weighted by Gasteiger charge is 2.17. The summed E-state index contributed by atoms with van der Waals surface area (Å²) in [5, 5.41) is 13.4. The quantitative estimate of drug-likeness (QED) is 0.858. The van der Waals surface area contributed by atoms with E-state index in [1.165, 1.54) is 11.1 Å². The van der Waals surface area contributed by atoms with E-state index in [-0.39, 0.29) is 6.04 Å². The van der Waals surface area contributed by atoms with E-state index in [0.29, 0.717) is 0 Å². The van der Waals surface area contributed by atoms with Gasteiger partial charge in [0.2, 0.25) is 0 Å². The fraction of sp³-hybridized carbons (Fsp3) is 0.294. The van der Waals surface area contributed by atoms with Crippen LogP contribution in [0.25, 0.3) is 11.1 Å². The first-order valence-corrected chi connectivity index (χ1v) is 6.77. The van der Waals surface area contributed by atoms with Crippen molar-refractivity contribution in [1.29, 1.82) is 0 Å². The molecule has 2 nitrogen and oxygen atoms in total. The highest BCUT2D eigenvalue weighted by atomic mass is 16.3. The van der Waals surface area contributed by atoms with E-state index < -0.39 is 6.10 Å². The Morgan fingerprint density at radius 1 is 0.947 bits per heavy atom. The third kappa shape index (κ3) is 3.22. The molecule has 2 aromatic rings. The third-order valence-corrected chi connectivity index (χ3v) is 3.55. The second-order valence-electron chi connectivity index (χ2n) is 4.74. The van der Waals surface area contributed by atoms with Crippen molar-refractivity contribution in [3.05, 3.63) is 60.2 Å². The summed E-state index contributed by atoms with van der Waals surface area (Å²) in [7, 11) is 1.88. The summed E-state index contributed by atoms with van der Waals surface area (Å²) in [5.74, 6) is 0. The molecule has 0 saturated carbocycles. The molecule has 0 spiro atoms. The van der Waals surface area contributed by atoms with Gasteiger partial charge in [0, 0.05) is 6.04 Å². The first-order chi connectivity index (χ1) is 9.26. The Kier molecular flexibility index (Phi) is 4.72. The van der Waals surface area contributed by atoms with E-state index in [0.717, 1.165) is 12.0 Å². The maximum Gasteiger partial charge on any atom is 0.0942 e. The molecule has 2 rings (SSSR count). The summed E-state index contributed by atoms with van der Waals surface area (Å²) in [6.45, 7) is 2.07. The molecule has 2 atom stereocenters. The highest BCUT2D eigenvalue weighted by molar-refractivity contribution is 5.63. The Morgan fingerprint density at radius 2 is 1.53 bits per heavy atom. The average Bonchev–Trinajstić information content (AvgIpc) is 2.49. The van der Waals surface area contributed by atoms with Gasteiger partial charge in [-0.05, 0) is 30.2 Å². The lowest BCUT2D eigenvalue weighted by atomic mass is 9.97. The van der Waals surface area contributed by atoms with Crippen LogP contribution in [0.5, 0.6) is 0 Å². The van der Waals surface area contributed by atoms with Gasteiger partial charge < -0.3 is 10.4 Å². The van der Waals surface area contributed by atoms with Crippen LogP contribution in [0, 0.1) is 0 Å². The molecule has 100 valence electrons. The molecule has 0 aliphatic carbocycles. The van der Waals surface area contributed by atoms with Gasteiger partial charge in [-0.3, -0.25) is 0 Å². The van der Waals surface area contributed by atoms with Crippen molar-refractivity contribution >= 4 is 0 Å². The van der Waals surface area contributed by atoms with E-state index >= 15 is 0 Å². The summed E-state index contributed by atoms with van der Waals surface area (Å²) in [6, 6.07) is 18.5. The van der Waals surface area contributed by atoms with Gasteiger partial charge in [0.15, 0.2) is 0 Å². The van der Waals surface area contributed by atoms with Gasteiger partial charge in [0.25, 0.3) is 0 Å². The average molecular weight is 255 g/mol. The molecule has 0 aliphatic rings. The molecule has 2 heteroatoms. The molecule has 0 aromatic heterocycles. The molecule has 0 radical (unpaired) electrons. The standard InChI is InChI=1S/C17H21NO/c1-3-16(18-2)17(19)15-11-9-14(10-12-15)13-7-5-4-6-8-13/h4-12,16-19H,3H2,1-2H3. The van der Waals surface area contributed by atoms with E-state index in [9.17, 15) is 5.11 Å². The molecule has 0 amide bonds. The van der Waals surface area contributed by atoms with Crippen LogP contribution in [-0.2, 0) is 0 Å². The van der Waals surface area contributed by atoms with E-state index in [1.54, 1.807) is 0 Å². The Labute approximate surface area is 115 Å². The summed E-state index contributed by atoms with van der Waals surface area (Å²) in [6.07, 6.45) is 0.442. The number of benzene rings is 2. The van der Waals surface area contributed by atoms with Gasteiger partial charge in [-0.25, -0.2) is 0 Å². The molecule has 0 aliphatic heterocycles. The first kappa shape index (κ1) is 13.8. The molecule has 2 aromatic carbocycles. The zero-order valence-electron chi connectivity index (χ0n) is 11.5. The van der Waals surface area contributed by atoms with Crippen molar-refractivity contribution in [2.24, 2.45) is 0 Å². The molecule has 0 fully saturated rings. The van der Waals surface area contributed by atoms with Crippen molar-refractivity contribution in [2.45, 2.75) is 25.5 Å². The molecule has 0 bridgehead atoms. The Balaban J connectivity index is 2.19. The number of aliphatic hydroxyl groups is 1. The molecule has 0 saturated heterocycles. The predicted molar refractivity (Wildman–Crippen MR) is 80.0 cm³/mol. The fourth-order valence-electron chi connectivity index (χ4n) is 2.32. The number of aliphatic hydroxyl groups excluding tert-OH is 1. The topological polar surface area (TPSA) is 32.3 Å². The van der Waals surface area contributed by atoms with Gasteiger partial charge in [-0.1, -0.05) is 61.5 Å². The Bertz CT molecular complexity index is 488. The molecular weight excluding hydrogens is 234 g/mol. The second-order valence-corrected chi connectivity index (χ2v) is 4.74. The summed E-state index contributed by atoms with van der Waals surface area (Å²) >= 11 is 0. The van der Waals surface area contributed by atoms with E-state index in [4.69, 9.17) is 0 Å². The summed E-state index contributed by atoms with van der Waals surface area (Å²) < 4.78 is 0. The van der Waals surface area contributed by atoms with Crippen molar-refractivity contribution in [1.82, 2.24) is 5.32 Å². The lowest BCUT2D eigenvalue weighted by molar-refractivity contribution is 0.130. The van der Waals surface area contributed by atoms with Crippen LogP contribution in [0.15, 0.2) is 54.6 Å². The minimum Gasteiger partial charge on any atom is -0.387 e. The highest BCUT2D eigenvalue weighted by Crippen LogP contribution is 2.23. The lowest BCUT2D eigenvalue weighted by Gasteiger charge is -2.21. The van der Waals surface area contributed by atoms with Crippen LogP contribution < -0.4 is 5.32 Å². The smallest absolute Gasteiger partial charge is 0.0942 e. The van der Waals surface area contributed by atoms with Crippen molar-refractivity contribution in [3.8, 4) is 11.1 Å². The molecule has 19 heavy (non-hydrogen) atoms. The van der Waals surface area contributed by atoms with Crippen molar-refractivity contribution in [2.75, 3.05) is 7.05 Å². The zero-order valence-corrected chi connectivity index (χ0v) is 11.5. The number of hydrogen-bond donors (Lipinski definition) is 2. The van der Waals surface area contributed by atoms with Gasteiger partial charge in [-0.2, -0.15) is 0 Å². The number of nitrogens with one attached hydrogen (secondary N) is 1. The Morgan fingerprint density at radius 3 is 2.05 bits per heavy atom. The Hall–Kier alpha value is -1.64. The number of rotatable bonds is 5. The minimum absolute atomic E-state index is 0.0996.